The lowest BCUT2D eigenvalue weighted by Gasteiger charge is -2.42. The lowest BCUT2D eigenvalue weighted by Crippen LogP contribution is -2.31. The highest BCUT2D eigenvalue weighted by Gasteiger charge is 2.28. The van der Waals surface area contributed by atoms with Gasteiger partial charge in [-0.05, 0) is 61.1 Å². The van der Waals surface area contributed by atoms with Crippen molar-refractivity contribution in [3.8, 4) is 0 Å². The molecule has 0 N–H and O–H groups in total. The minimum Gasteiger partial charge on any atom is -0.252 e. The molecule has 0 saturated heterocycles. The molecule has 0 rings (SSSR count). The van der Waals surface area contributed by atoms with Crippen LogP contribution >= 0.6 is 17.5 Å². The second kappa shape index (κ2) is 5.87. The van der Waals surface area contributed by atoms with Crippen LogP contribution in [0.1, 0.15) is 0 Å². The predicted octanol–water partition coefficient (Wildman–Crippen LogP) is 2.27. The highest BCUT2D eigenvalue weighted by Crippen LogP contribution is 2.56. The molecule has 0 atom stereocenters. The summed E-state index contributed by atoms with van der Waals surface area (Å²) in [4.78, 5) is 0. The van der Waals surface area contributed by atoms with Gasteiger partial charge in [-0.3, -0.25) is 18.8 Å². The zero-order valence-corrected chi connectivity index (χ0v) is 14.1. The summed E-state index contributed by atoms with van der Waals surface area (Å²) in [6.07, 6.45) is 6.94. The first kappa shape index (κ1) is 16.5. The van der Waals surface area contributed by atoms with Crippen molar-refractivity contribution in [2.24, 2.45) is 4.74 Å². The highest BCUT2D eigenvalue weighted by molar-refractivity contribution is 8.32. The van der Waals surface area contributed by atoms with Gasteiger partial charge >= 0.3 is 0 Å². The summed E-state index contributed by atoms with van der Waals surface area (Å²) in [6, 6.07) is 0. The Morgan fingerprint density at radius 2 is 1.12 bits per heavy atom. The zero-order chi connectivity index (χ0) is 13.1. The lowest BCUT2D eigenvalue weighted by molar-refractivity contribution is 0.472. The molecule has 0 bridgehead atoms. The van der Waals surface area contributed by atoms with Crippen molar-refractivity contribution in [3.05, 3.63) is 0 Å². The molecule has 0 heterocycles. The van der Waals surface area contributed by atoms with E-state index in [2.05, 4.69) is 75.1 Å². The van der Waals surface area contributed by atoms with Gasteiger partial charge < -0.3 is 0 Å². The van der Waals surface area contributed by atoms with E-state index in [1.807, 2.05) is 0 Å². The molecule has 0 aliphatic carbocycles. The van der Waals surface area contributed by atoms with Crippen LogP contribution in [0.25, 0.3) is 0 Å². The van der Waals surface area contributed by atoms with Crippen molar-refractivity contribution >= 4 is 17.5 Å². The molecule has 0 aliphatic heterocycles. The molecule has 0 aromatic heterocycles. The summed E-state index contributed by atoms with van der Waals surface area (Å²) in [5, 5.41) is 0. The molecule has 0 fully saturated rings. The van der Waals surface area contributed by atoms with Crippen molar-refractivity contribution in [3.63, 3.8) is 0 Å². The highest BCUT2D eigenvalue weighted by atomic mass is 32.3. The standard InChI is InChI=1S/C10H29N4PS/c1-12(2)15(13(3)4,14(5)6)11-10-16(7,8)9/h10H2,1-9H3. The monoisotopic (exact) mass is 268 g/mol. The average Bonchev–Trinajstić information content (AvgIpc) is 2.00. The first-order chi connectivity index (χ1) is 7.04. The molecular weight excluding hydrogens is 239 g/mol. The fourth-order valence-corrected chi connectivity index (χ4v) is 6.61. The molecule has 6 heteroatoms. The molecule has 100 valence electrons. The van der Waals surface area contributed by atoms with Crippen LogP contribution in [0.4, 0.5) is 0 Å². The van der Waals surface area contributed by atoms with Crippen LogP contribution in [0, 0.1) is 0 Å². The number of hydrogen-bond donors (Lipinski definition) is 0. The van der Waals surface area contributed by atoms with E-state index in [0.29, 0.717) is 0 Å². The summed E-state index contributed by atoms with van der Waals surface area (Å²) in [6.45, 7) is 0. The first-order valence-corrected chi connectivity index (χ1v) is 9.94. The van der Waals surface area contributed by atoms with Crippen LogP contribution in [-0.4, -0.2) is 80.9 Å². The smallest absolute Gasteiger partial charge is 0.167 e. The second-order valence-corrected chi connectivity index (χ2v) is 13.6. The maximum Gasteiger partial charge on any atom is 0.167 e. The van der Waals surface area contributed by atoms with Gasteiger partial charge in [-0.15, -0.1) is 0 Å². The van der Waals surface area contributed by atoms with E-state index in [0.717, 1.165) is 5.88 Å². The van der Waals surface area contributed by atoms with E-state index in [1.54, 1.807) is 0 Å². The molecule has 0 saturated carbocycles. The molecule has 4 nitrogen and oxygen atoms in total. The SMILES string of the molecule is CN(C)P(=NCS(C)(C)C)(N(C)C)N(C)C. The van der Waals surface area contributed by atoms with E-state index in [1.165, 1.54) is 0 Å². The van der Waals surface area contributed by atoms with E-state index < -0.39 is 17.5 Å². The lowest BCUT2D eigenvalue weighted by atomic mass is 11.2. The Morgan fingerprint density at radius 1 is 0.812 bits per heavy atom. The molecule has 0 aromatic rings. The summed E-state index contributed by atoms with van der Waals surface area (Å²) >= 11 is 0. The Balaban J connectivity index is 5.37. The molecule has 0 radical (unpaired) electrons. The molecule has 0 amide bonds. The van der Waals surface area contributed by atoms with Crippen molar-refractivity contribution in [1.82, 2.24) is 14.0 Å². The van der Waals surface area contributed by atoms with E-state index in [-0.39, 0.29) is 0 Å². The molecule has 0 unspecified atom stereocenters. The van der Waals surface area contributed by atoms with Crippen molar-refractivity contribution in [2.45, 2.75) is 0 Å². The fraction of sp³-hybridized carbons (Fsp3) is 1.00. The Bertz CT molecular complexity index is 240. The molecular formula is C10H29N4PS. The van der Waals surface area contributed by atoms with Gasteiger partial charge in [-0.1, -0.05) is 0 Å². The van der Waals surface area contributed by atoms with Gasteiger partial charge in [0.05, 0.1) is 5.88 Å². The van der Waals surface area contributed by atoms with Gasteiger partial charge in [0.2, 0.25) is 0 Å². The van der Waals surface area contributed by atoms with Gasteiger partial charge in [0.25, 0.3) is 0 Å². The quantitative estimate of drug-likeness (QED) is 0.714. The van der Waals surface area contributed by atoms with Crippen LogP contribution in [-0.2, 0) is 0 Å². The van der Waals surface area contributed by atoms with Crippen molar-refractivity contribution in [1.29, 1.82) is 0 Å². The van der Waals surface area contributed by atoms with Crippen LogP contribution < -0.4 is 0 Å². The Kier molecular flexibility index (Phi) is 6.04. The van der Waals surface area contributed by atoms with Crippen LogP contribution in [0.5, 0.6) is 0 Å². The molecule has 0 aromatic carbocycles. The van der Waals surface area contributed by atoms with E-state index in [4.69, 9.17) is 4.74 Å². The second-order valence-electron chi connectivity index (χ2n) is 5.44. The fourth-order valence-electron chi connectivity index (χ4n) is 1.70. The number of nitrogens with zero attached hydrogens (tertiary/aromatic N) is 4. The molecule has 0 aliphatic rings. The topological polar surface area (TPSA) is 22.1 Å². The Hall–Kier alpha value is 0.460. The summed E-state index contributed by atoms with van der Waals surface area (Å²) in [5.74, 6) is 0.968. The van der Waals surface area contributed by atoms with Crippen LogP contribution in [0.15, 0.2) is 4.74 Å². The average molecular weight is 268 g/mol. The van der Waals surface area contributed by atoms with E-state index in [9.17, 15) is 0 Å². The van der Waals surface area contributed by atoms with Gasteiger partial charge in [-0.2, -0.15) is 0 Å². The van der Waals surface area contributed by atoms with Gasteiger partial charge in [0.1, 0.15) is 0 Å². The maximum absolute atomic E-state index is 5.05. The van der Waals surface area contributed by atoms with Crippen LogP contribution in [0.2, 0.25) is 0 Å². The third-order valence-electron chi connectivity index (χ3n) is 2.24. The molecule has 0 spiro atoms. The van der Waals surface area contributed by atoms with Gasteiger partial charge in [0, 0.05) is 0 Å². The minimum absolute atomic E-state index is 0.577. The summed E-state index contributed by atoms with van der Waals surface area (Å²) < 4.78 is 11.8. The van der Waals surface area contributed by atoms with Crippen molar-refractivity contribution in [2.75, 3.05) is 66.9 Å². The first-order valence-electron chi connectivity index (χ1n) is 5.31. The van der Waals surface area contributed by atoms with E-state index >= 15 is 0 Å². The third kappa shape index (κ3) is 4.04. The summed E-state index contributed by atoms with van der Waals surface area (Å²) in [5.41, 5.74) is 0. The van der Waals surface area contributed by atoms with Crippen molar-refractivity contribution < 1.29 is 0 Å². The third-order valence-corrected chi connectivity index (χ3v) is 7.08. The Labute approximate surface area is 104 Å². The normalized spacial score (nSPS) is 15.0. The van der Waals surface area contributed by atoms with Gasteiger partial charge in [-0.25, -0.2) is 10.0 Å². The largest absolute Gasteiger partial charge is 0.252 e. The van der Waals surface area contributed by atoms with Gasteiger partial charge in [0.15, 0.2) is 7.51 Å². The number of rotatable bonds is 5. The number of hydrogen-bond acceptors (Lipinski definition) is 1. The molecule has 16 heavy (non-hydrogen) atoms. The van der Waals surface area contributed by atoms with Crippen LogP contribution in [0.3, 0.4) is 0 Å². The Morgan fingerprint density at radius 3 is 1.31 bits per heavy atom. The predicted molar refractivity (Wildman–Crippen MR) is 80.6 cm³/mol. The zero-order valence-electron chi connectivity index (χ0n) is 12.4. The summed E-state index contributed by atoms with van der Waals surface area (Å²) in [7, 11) is 10.5. The minimum atomic E-state index is -1.66. The maximum atomic E-state index is 5.05.